The molecule has 0 saturated carbocycles. The van der Waals surface area contributed by atoms with Crippen LogP contribution in [0, 0.1) is 7.14 Å². The van der Waals surface area contributed by atoms with E-state index in [4.69, 9.17) is 9.84 Å². The fourth-order valence-corrected chi connectivity index (χ4v) is 3.60. The van der Waals surface area contributed by atoms with Gasteiger partial charge in [-0.05, 0) is 63.7 Å². The van der Waals surface area contributed by atoms with Gasteiger partial charge in [-0.25, -0.2) is 4.79 Å². The number of carbonyl (C=O) groups is 1. The van der Waals surface area contributed by atoms with Gasteiger partial charge in [0.1, 0.15) is 5.75 Å². The monoisotopic (exact) mass is 474 g/mol. The third-order valence-electron chi connectivity index (χ3n) is 2.49. The molecule has 1 N–H and O–H groups in total. The number of hydrogen-bond acceptors (Lipinski definition) is 2. The van der Waals surface area contributed by atoms with Crippen LogP contribution < -0.4 is 4.74 Å². The molecule has 100 valence electrons. The Morgan fingerprint density at radius 2 is 1.83 bits per heavy atom. The van der Waals surface area contributed by atoms with E-state index in [0.717, 1.165) is 19.3 Å². The Morgan fingerprint density at radius 1 is 1.22 bits per heavy atom. The van der Waals surface area contributed by atoms with Crippen LogP contribution in [-0.2, 0) is 0 Å². The molecule has 0 spiro atoms. The van der Waals surface area contributed by atoms with Crippen molar-refractivity contribution in [3.8, 4) is 5.75 Å². The first-order chi connectivity index (χ1) is 8.56. The van der Waals surface area contributed by atoms with Crippen molar-refractivity contribution in [3.63, 3.8) is 0 Å². The molecule has 1 aromatic carbocycles. The van der Waals surface area contributed by atoms with Crippen LogP contribution in [0.3, 0.4) is 0 Å². The molecule has 0 fully saturated rings. The number of benzene rings is 1. The van der Waals surface area contributed by atoms with E-state index < -0.39 is 5.97 Å². The molecular weight excluding hydrogens is 458 g/mol. The summed E-state index contributed by atoms with van der Waals surface area (Å²) in [5.74, 6) is -0.0990. The zero-order valence-electron chi connectivity index (χ0n) is 10.2. The summed E-state index contributed by atoms with van der Waals surface area (Å²) in [6.45, 7) is 2.87. The van der Waals surface area contributed by atoms with E-state index in [9.17, 15) is 4.79 Å². The van der Waals surface area contributed by atoms with Gasteiger partial charge >= 0.3 is 5.97 Å². The maximum atomic E-state index is 10.9. The second kappa shape index (κ2) is 8.19. The maximum Gasteiger partial charge on any atom is 0.335 e. The molecule has 0 saturated heterocycles. The van der Waals surface area contributed by atoms with Crippen LogP contribution in [0.2, 0.25) is 0 Å². The van der Waals surface area contributed by atoms with Gasteiger partial charge in [0.05, 0.1) is 19.3 Å². The summed E-state index contributed by atoms with van der Waals surface area (Å²) in [7, 11) is 0. The minimum Gasteiger partial charge on any atom is -0.491 e. The van der Waals surface area contributed by atoms with Gasteiger partial charge in [0.25, 0.3) is 0 Å². The van der Waals surface area contributed by atoms with Crippen molar-refractivity contribution < 1.29 is 14.6 Å². The van der Waals surface area contributed by atoms with Gasteiger partial charge in [0, 0.05) is 0 Å². The number of carboxylic acids is 1. The first-order valence-corrected chi connectivity index (χ1v) is 8.07. The average Bonchev–Trinajstić information content (AvgIpc) is 2.31. The smallest absolute Gasteiger partial charge is 0.335 e. The lowest BCUT2D eigenvalue weighted by Crippen LogP contribution is -2.04. The lowest BCUT2D eigenvalue weighted by Gasteiger charge is -2.11. The number of ether oxygens (including phenoxy) is 1. The molecule has 0 radical (unpaired) electrons. The Kier molecular flexibility index (Phi) is 7.28. The normalized spacial score (nSPS) is 10.4. The molecule has 0 heterocycles. The van der Waals surface area contributed by atoms with Crippen LogP contribution in [0.5, 0.6) is 5.75 Å². The summed E-state index contributed by atoms with van der Waals surface area (Å²) >= 11 is 4.24. The SMILES string of the molecule is CCCCCCOc1c(I)cc(C(=O)O)cc1I. The molecule has 3 nitrogen and oxygen atoms in total. The van der Waals surface area contributed by atoms with Gasteiger partial charge in [-0.2, -0.15) is 0 Å². The Bertz CT molecular complexity index is 396. The highest BCUT2D eigenvalue weighted by Crippen LogP contribution is 2.29. The molecule has 0 unspecified atom stereocenters. The first kappa shape index (κ1) is 16.0. The zero-order chi connectivity index (χ0) is 13.5. The summed E-state index contributed by atoms with van der Waals surface area (Å²) in [6, 6.07) is 3.29. The van der Waals surface area contributed by atoms with Crippen LogP contribution in [0.25, 0.3) is 0 Å². The van der Waals surface area contributed by atoms with E-state index >= 15 is 0 Å². The van der Waals surface area contributed by atoms with Crippen LogP contribution in [0.4, 0.5) is 0 Å². The molecule has 0 aliphatic heterocycles. The Labute approximate surface area is 135 Å². The molecular formula is C13H16I2O3. The Morgan fingerprint density at radius 3 is 2.33 bits per heavy atom. The van der Waals surface area contributed by atoms with Gasteiger partial charge in [0.15, 0.2) is 0 Å². The van der Waals surface area contributed by atoms with Crippen LogP contribution in [-0.4, -0.2) is 17.7 Å². The molecule has 0 aliphatic carbocycles. The number of carboxylic acid groups (broad SMARTS) is 1. The predicted molar refractivity (Wildman–Crippen MR) is 88.5 cm³/mol. The van der Waals surface area contributed by atoms with Crippen molar-refractivity contribution in [2.24, 2.45) is 0 Å². The number of aromatic carboxylic acids is 1. The van der Waals surface area contributed by atoms with Gasteiger partial charge in [0.2, 0.25) is 0 Å². The van der Waals surface area contributed by atoms with Crippen molar-refractivity contribution in [1.82, 2.24) is 0 Å². The van der Waals surface area contributed by atoms with E-state index in [1.54, 1.807) is 12.1 Å². The van der Waals surface area contributed by atoms with Crippen LogP contribution >= 0.6 is 45.2 Å². The molecule has 1 rings (SSSR count). The summed E-state index contributed by atoms with van der Waals surface area (Å²) < 4.78 is 7.45. The lowest BCUT2D eigenvalue weighted by atomic mass is 10.2. The second-order valence-electron chi connectivity index (χ2n) is 3.98. The van der Waals surface area contributed by atoms with E-state index in [2.05, 4.69) is 52.1 Å². The van der Waals surface area contributed by atoms with Crippen molar-refractivity contribution in [1.29, 1.82) is 0 Å². The fourth-order valence-electron chi connectivity index (χ4n) is 1.52. The number of rotatable bonds is 7. The van der Waals surface area contributed by atoms with Crippen LogP contribution in [0.15, 0.2) is 12.1 Å². The summed E-state index contributed by atoms with van der Waals surface area (Å²) in [5, 5.41) is 8.95. The molecule has 0 atom stereocenters. The third kappa shape index (κ3) is 4.91. The Balaban J connectivity index is 2.63. The molecule has 0 amide bonds. The predicted octanol–water partition coefficient (Wildman–Crippen LogP) is 4.55. The summed E-state index contributed by atoms with van der Waals surface area (Å²) in [5.41, 5.74) is 0.308. The molecule has 1 aromatic rings. The minimum absolute atomic E-state index is 0.308. The van der Waals surface area contributed by atoms with Gasteiger partial charge in [-0.15, -0.1) is 0 Å². The average molecular weight is 474 g/mol. The Hall–Kier alpha value is -0.0500. The molecule has 0 aliphatic rings. The highest BCUT2D eigenvalue weighted by atomic mass is 127. The van der Waals surface area contributed by atoms with Crippen molar-refractivity contribution >= 4 is 51.2 Å². The highest BCUT2D eigenvalue weighted by Gasteiger charge is 2.12. The van der Waals surface area contributed by atoms with Gasteiger partial charge < -0.3 is 9.84 Å². The minimum atomic E-state index is -0.902. The standard InChI is InChI=1S/C13H16I2O3/c1-2-3-4-5-6-18-12-10(14)7-9(13(16)17)8-11(12)15/h7-8H,2-6H2,1H3,(H,16,17). The van der Waals surface area contributed by atoms with Gasteiger partial charge in [-0.1, -0.05) is 26.2 Å². The number of unbranched alkanes of at least 4 members (excludes halogenated alkanes) is 3. The highest BCUT2D eigenvalue weighted by molar-refractivity contribution is 14.1. The molecule has 0 aromatic heterocycles. The largest absolute Gasteiger partial charge is 0.491 e. The van der Waals surface area contributed by atoms with Crippen molar-refractivity contribution in [3.05, 3.63) is 24.8 Å². The number of hydrogen-bond donors (Lipinski definition) is 1. The fraction of sp³-hybridized carbons (Fsp3) is 0.462. The topological polar surface area (TPSA) is 46.5 Å². The summed E-state index contributed by atoms with van der Waals surface area (Å²) in [6.07, 6.45) is 4.66. The quantitative estimate of drug-likeness (QED) is 0.466. The van der Waals surface area contributed by atoms with E-state index in [-0.39, 0.29) is 0 Å². The van der Waals surface area contributed by atoms with Crippen molar-refractivity contribution in [2.45, 2.75) is 32.6 Å². The maximum absolute atomic E-state index is 10.9. The lowest BCUT2D eigenvalue weighted by molar-refractivity contribution is 0.0696. The molecule has 18 heavy (non-hydrogen) atoms. The van der Waals surface area contributed by atoms with E-state index in [1.165, 1.54) is 19.3 Å². The van der Waals surface area contributed by atoms with Crippen molar-refractivity contribution in [2.75, 3.05) is 6.61 Å². The number of halogens is 2. The van der Waals surface area contributed by atoms with Gasteiger partial charge in [-0.3, -0.25) is 0 Å². The molecule has 5 heteroatoms. The molecule has 0 bridgehead atoms. The second-order valence-corrected chi connectivity index (χ2v) is 6.31. The van der Waals surface area contributed by atoms with Crippen LogP contribution in [0.1, 0.15) is 43.0 Å². The summed E-state index contributed by atoms with van der Waals surface area (Å²) in [4.78, 5) is 10.9. The third-order valence-corrected chi connectivity index (χ3v) is 4.09. The van der Waals surface area contributed by atoms with E-state index in [0.29, 0.717) is 12.2 Å². The first-order valence-electron chi connectivity index (χ1n) is 5.91. The zero-order valence-corrected chi connectivity index (χ0v) is 14.5. The van der Waals surface area contributed by atoms with E-state index in [1.807, 2.05) is 0 Å².